The summed E-state index contributed by atoms with van der Waals surface area (Å²) in [7, 11) is 0. The average molecular weight is 323 g/mol. The molecule has 0 N–H and O–H groups in total. The summed E-state index contributed by atoms with van der Waals surface area (Å²) in [6.45, 7) is 3.48. The molecule has 3 rings (SSSR count). The van der Waals surface area contributed by atoms with Crippen molar-refractivity contribution in [1.29, 1.82) is 0 Å². The van der Waals surface area contributed by atoms with Crippen LogP contribution in [-0.2, 0) is 0 Å². The van der Waals surface area contributed by atoms with Gasteiger partial charge in [0.1, 0.15) is 5.75 Å². The van der Waals surface area contributed by atoms with Crippen LogP contribution in [0.5, 0.6) is 5.75 Å². The molecular weight excluding hydrogens is 302 g/mol. The Bertz CT molecular complexity index is 711. The number of nitrogens with zero attached hydrogens (tertiary/aromatic N) is 3. The molecule has 1 amide bonds. The summed E-state index contributed by atoms with van der Waals surface area (Å²) in [5.41, 5.74) is 2.51. The fourth-order valence-electron chi connectivity index (χ4n) is 2.52. The molecule has 1 aromatic heterocycles. The fraction of sp³-hybridized carbons (Fsp3) is 0.316. The van der Waals surface area contributed by atoms with Crippen LogP contribution in [0.1, 0.15) is 42.1 Å². The van der Waals surface area contributed by atoms with Gasteiger partial charge >= 0.3 is 0 Å². The number of rotatable bonds is 6. The molecule has 0 radical (unpaired) electrons. The van der Waals surface area contributed by atoms with Gasteiger partial charge in [0.2, 0.25) is 0 Å². The largest absolute Gasteiger partial charge is 0.494 e. The molecule has 0 aliphatic carbocycles. The maximum atomic E-state index is 12.4. The van der Waals surface area contributed by atoms with Crippen LogP contribution < -0.4 is 4.74 Å². The Morgan fingerprint density at radius 1 is 1.25 bits per heavy atom. The Labute approximate surface area is 142 Å². The molecule has 2 aromatic rings. The third kappa shape index (κ3) is 3.79. The van der Waals surface area contributed by atoms with Crippen LogP contribution in [0.25, 0.3) is 0 Å². The number of unbranched alkanes of at least 4 members (excludes halogenated alkanes) is 1. The first kappa shape index (κ1) is 16.2. The van der Waals surface area contributed by atoms with Crippen LogP contribution in [-0.4, -0.2) is 34.8 Å². The first-order chi connectivity index (χ1) is 11.8. The lowest BCUT2D eigenvalue weighted by molar-refractivity contribution is 0.0778. The van der Waals surface area contributed by atoms with Crippen LogP contribution >= 0.6 is 0 Å². The quantitative estimate of drug-likeness (QED) is 0.764. The minimum absolute atomic E-state index is 0.113. The molecule has 5 nitrogen and oxygen atoms in total. The molecule has 0 saturated carbocycles. The second kappa shape index (κ2) is 7.73. The first-order valence-corrected chi connectivity index (χ1v) is 8.30. The molecule has 124 valence electrons. The van der Waals surface area contributed by atoms with Crippen molar-refractivity contribution in [3.8, 4) is 5.75 Å². The molecule has 1 aliphatic heterocycles. The summed E-state index contributed by atoms with van der Waals surface area (Å²) >= 11 is 0. The number of hydrogen-bond donors (Lipinski definition) is 0. The molecule has 0 saturated heterocycles. The van der Waals surface area contributed by atoms with E-state index in [4.69, 9.17) is 4.74 Å². The number of benzene rings is 1. The predicted octanol–water partition coefficient (Wildman–Crippen LogP) is 3.51. The molecule has 5 heteroatoms. The number of hydrogen-bond acceptors (Lipinski definition) is 4. The van der Waals surface area contributed by atoms with Crippen molar-refractivity contribution in [2.75, 3.05) is 13.2 Å². The van der Waals surface area contributed by atoms with Crippen LogP contribution in [0, 0.1) is 0 Å². The highest BCUT2D eigenvalue weighted by Gasteiger charge is 2.22. The second-order valence-corrected chi connectivity index (χ2v) is 5.69. The highest BCUT2D eigenvalue weighted by atomic mass is 16.5. The van der Waals surface area contributed by atoms with Gasteiger partial charge in [0, 0.05) is 18.8 Å². The number of pyridine rings is 1. The van der Waals surface area contributed by atoms with Gasteiger partial charge in [-0.1, -0.05) is 13.3 Å². The highest BCUT2D eigenvalue weighted by molar-refractivity contribution is 6.04. The average Bonchev–Trinajstić information content (AvgIpc) is 3.13. The summed E-state index contributed by atoms with van der Waals surface area (Å²) < 4.78 is 5.67. The smallest absolute Gasteiger partial charge is 0.275 e. The molecule has 1 aromatic carbocycles. The first-order valence-electron chi connectivity index (χ1n) is 8.30. The van der Waals surface area contributed by atoms with E-state index in [-0.39, 0.29) is 5.91 Å². The summed E-state index contributed by atoms with van der Waals surface area (Å²) in [5, 5.41) is 5.98. The standard InChI is InChI=1S/C19H21N3O2/c1-2-3-13-24-17-8-6-15(7-9-17)18-10-12-22(21-18)19(23)16-5-4-11-20-14-16/h4-9,11,14H,2-3,10,12-13H2,1H3. The van der Waals surface area contributed by atoms with Crippen LogP contribution in [0.4, 0.5) is 0 Å². The Morgan fingerprint density at radius 3 is 2.79 bits per heavy atom. The number of hydrazone groups is 1. The number of carbonyl (C=O) groups is 1. The van der Waals surface area contributed by atoms with E-state index in [1.54, 1.807) is 24.5 Å². The molecule has 0 unspecified atom stereocenters. The van der Waals surface area contributed by atoms with E-state index in [0.29, 0.717) is 12.1 Å². The molecule has 0 bridgehead atoms. The van der Waals surface area contributed by atoms with Gasteiger partial charge in [-0.25, -0.2) is 5.01 Å². The number of amides is 1. The van der Waals surface area contributed by atoms with Gasteiger partial charge in [0.25, 0.3) is 5.91 Å². The highest BCUT2D eigenvalue weighted by Crippen LogP contribution is 2.19. The number of aromatic nitrogens is 1. The molecule has 0 fully saturated rings. The Kier molecular flexibility index (Phi) is 5.21. The van der Waals surface area contributed by atoms with Gasteiger partial charge in [-0.3, -0.25) is 9.78 Å². The Balaban J connectivity index is 1.66. The van der Waals surface area contributed by atoms with Crippen LogP contribution in [0.15, 0.2) is 53.9 Å². The fourth-order valence-corrected chi connectivity index (χ4v) is 2.52. The van der Waals surface area contributed by atoms with Gasteiger partial charge in [-0.05, 0) is 48.4 Å². The minimum atomic E-state index is -0.113. The topological polar surface area (TPSA) is 54.8 Å². The maximum Gasteiger partial charge on any atom is 0.275 e. The number of ether oxygens (including phenoxy) is 1. The lowest BCUT2D eigenvalue weighted by atomic mass is 10.1. The van der Waals surface area contributed by atoms with Crippen molar-refractivity contribution < 1.29 is 9.53 Å². The van der Waals surface area contributed by atoms with Crippen molar-refractivity contribution in [1.82, 2.24) is 9.99 Å². The molecular formula is C19H21N3O2. The van der Waals surface area contributed by atoms with Crippen molar-refractivity contribution in [3.05, 3.63) is 59.9 Å². The summed E-state index contributed by atoms with van der Waals surface area (Å²) in [6, 6.07) is 11.4. The molecule has 1 aliphatic rings. The number of carbonyl (C=O) groups excluding carboxylic acids is 1. The van der Waals surface area contributed by atoms with E-state index in [0.717, 1.165) is 42.9 Å². The van der Waals surface area contributed by atoms with Crippen LogP contribution in [0.2, 0.25) is 0 Å². The van der Waals surface area contributed by atoms with E-state index < -0.39 is 0 Å². The van der Waals surface area contributed by atoms with E-state index in [1.807, 2.05) is 24.3 Å². The van der Waals surface area contributed by atoms with E-state index in [1.165, 1.54) is 5.01 Å². The van der Waals surface area contributed by atoms with Crippen LogP contribution in [0.3, 0.4) is 0 Å². The van der Waals surface area contributed by atoms with Crippen molar-refractivity contribution in [2.24, 2.45) is 5.10 Å². The summed E-state index contributed by atoms with van der Waals surface area (Å²) in [4.78, 5) is 16.4. The Morgan fingerprint density at radius 2 is 2.08 bits per heavy atom. The third-order valence-electron chi connectivity index (χ3n) is 3.90. The Hall–Kier alpha value is -2.69. The van der Waals surface area contributed by atoms with Gasteiger partial charge in [0.05, 0.1) is 24.4 Å². The summed E-state index contributed by atoms with van der Waals surface area (Å²) in [5.74, 6) is 0.756. The molecule has 24 heavy (non-hydrogen) atoms. The lowest BCUT2D eigenvalue weighted by Crippen LogP contribution is -2.23. The van der Waals surface area contributed by atoms with Crippen molar-refractivity contribution >= 4 is 11.6 Å². The zero-order valence-electron chi connectivity index (χ0n) is 13.8. The summed E-state index contributed by atoms with van der Waals surface area (Å²) in [6.07, 6.45) is 6.15. The molecule has 0 atom stereocenters. The van der Waals surface area contributed by atoms with Gasteiger partial charge < -0.3 is 4.74 Å². The maximum absolute atomic E-state index is 12.4. The van der Waals surface area contributed by atoms with Crippen molar-refractivity contribution in [3.63, 3.8) is 0 Å². The van der Waals surface area contributed by atoms with E-state index in [9.17, 15) is 4.79 Å². The van der Waals surface area contributed by atoms with Gasteiger partial charge in [-0.15, -0.1) is 0 Å². The second-order valence-electron chi connectivity index (χ2n) is 5.69. The third-order valence-corrected chi connectivity index (χ3v) is 3.90. The normalized spacial score (nSPS) is 13.7. The predicted molar refractivity (Wildman–Crippen MR) is 93.3 cm³/mol. The molecule has 0 spiro atoms. The van der Waals surface area contributed by atoms with E-state index >= 15 is 0 Å². The van der Waals surface area contributed by atoms with Gasteiger partial charge in [-0.2, -0.15) is 5.10 Å². The zero-order chi connectivity index (χ0) is 16.8. The monoisotopic (exact) mass is 323 g/mol. The zero-order valence-corrected chi connectivity index (χ0v) is 13.8. The van der Waals surface area contributed by atoms with Gasteiger partial charge in [0.15, 0.2) is 0 Å². The minimum Gasteiger partial charge on any atom is -0.494 e. The SMILES string of the molecule is CCCCOc1ccc(C2=NN(C(=O)c3cccnc3)CC2)cc1. The lowest BCUT2D eigenvalue weighted by Gasteiger charge is -2.10. The van der Waals surface area contributed by atoms with Crippen molar-refractivity contribution in [2.45, 2.75) is 26.2 Å². The molecule has 2 heterocycles. The van der Waals surface area contributed by atoms with E-state index in [2.05, 4.69) is 17.0 Å².